The van der Waals surface area contributed by atoms with Gasteiger partial charge in [-0.15, -0.1) is 12.4 Å². The number of anilines is 1. The number of nitrogens with one attached hydrogen (secondary N) is 1. The zero-order valence-electron chi connectivity index (χ0n) is 10.1. The third-order valence-corrected chi connectivity index (χ3v) is 1.90. The first-order valence-electron chi connectivity index (χ1n) is 5.39. The van der Waals surface area contributed by atoms with Crippen molar-refractivity contribution >= 4 is 24.0 Å². The molecule has 0 spiro atoms. The van der Waals surface area contributed by atoms with Crippen LogP contribution in [0.2, 0.25) is 0 Å². The quantitative estimate of drug-likeness (QED) is 0.851. The van der Waals surface area contributed by atoms with E-state index in [0.29, 0.717) is 24.4 Å². The number of carbonyl (C=O) groups excluding carboxylic acids is 1. The first-order valence-corrected chi connectivity index (χ1v) is 5.39. The second-order valence-corrected chi connectivity index (χ2v) is 3.75. The van der Waals surface area contributed by atoms with E-state index in [4.69, 9.17) is 10.5 Å². The first kappa shape index (κ1) is 15.7. The van der Waals surface area contributed by atoms with Crippen LogP contribution < -0.4 is 15.8 Å². The summed E-state index contributed by atoms with van der Waals surface area (Å²) in [6.07, 6.45) is 0.392. The number of hydrogen-bond donors (Lipinski definition) is 2. The molecule has 1 rings (SSSR count). The zero-order chi connectivity index (χ0) is 12.0. The van der Waals surface area contributed by atoms with Gasteiger partial charge in [0, 0.05) is 13.0 Å². The van der Waals surface area contributed by atoms with Gasteiger partial charge in [-0.05, 0) is 26.0 Å². The molecule has 96 valence electrons. The predicted molar refractivity (Wildman–Crippen MR) is 71.8 cm³/mol. The third kappa shape index (κ3) is 5.56. The fourth-order valence-corrected chi connectivity index (χ4v) is 1.27. The molecule has 3 N–H and O–H groups in total. The van der Waals surface area contributed by atoms with Crippen LogP contribution in [0.5, 0.6) is 5.75 Å². The van der Waals surface area contributed by atoms with Crippen LogP contribution in [0.15, 0.2) is 24.3 Å². The van der Waals surface area contributed by atoms with Crippen molar-refractivity contribution in [2.75, 3.05) is 11.9 Å². The van der Waals surface area contributed by atoms with Crippen LogP contribution in [0.25, 0.3) is 0 Å². The summed E-state index contributed by atoms with van der Waals surface area (Å²) in [4.78, 5) is 11.4. The van der Waals surface area contributed by atoms with Gasteiger partial charge in [0.15, 0.2) is 0 Å². The standard InChI is InChI=1S/C12H18N2O2.ClH/c1-9(2)16-11-6-4-3-5-10(11)14-12(15)7-8-13;/h3-6,9H,7-8,13H2,1-2H3,(H,14,15);1H. The lowest BCUT2D eigenvalue weighted by atomic mass is 10.2. The molecular formula is C12H19ClN2O2. The number of para-hydroxylation sites is 2. The Labute approximate surface area is 108 Å². The summed E-state index contributed by atoms with van der Waals surface area (Å²) in [6, 6.07) is 7.37. The molecule has 0 bridgehead atoms. The van der Waals surface area contributed by atoms with Crippen molar-refractivity contribution in [2.24, 2.45) is 5.73 Å². The van der Waals surface area contributed by atoms with E-state index >= 15 is 0 Å². The summed E-state index contributed by atoms with van der Waals surface area (Å²) in [5.41, 5.74) is 6.00. The van der Waals surface area contributed by atoms with Crippen LogP contribution in [0.4, 0.5) is 5.69 Å². The van der Waals surface area contributed by atoms with Gasteiger partial charge in [0.2, 0.25) is 5.91 Å². The zero-order valence-corrected chi connectivity index (χ0v) is 10.9. The SMILES string of the molecule is CC(C)Oc1ccccc1NC(=O)CCN.Cl. The summed E-state index contributed by atoms with van der Waals surface area (Å²) in [5.74, 6) is 0.588. The van der Waals surface area contributed by atoms with Gasteiger partial charge in [0.05, 0.1) is 11.8 Å². The summed E-state index contributed by atoms with van der Waals surface area (Å²) in [6.45, 7) is 4.23. The first-order chi connectivity index (χ1) is 7.63. The number of hydrogen-bond acceptors (Lipinski definition) is 3. The lowest BCUT2D eigenvalue weighted by Crippen LogP contribution is -2.17. The third-order valence-electron chi connectivity index (χ3n) is 1.90. The molecule has 0 saturated carbocycles. The molecule has 0 heterocycles. The Morgan fingerprint density at radius 3 is 2.65 bits per heavy atom. The van der Waals surface area contributed by atoms with E-state index in [1.165, 1.54) is 0 Å². The van der Waals surface area contributed by atoms with Crippen LogP contribution in [-0.2, 0) is 4.79 Å². The number of amides is 1. The Morgan fingerprint density at radius 2 is 2.06 bits per heavy atom. The van der Waals surface area contributed by atoms with Gasteiger partial charge in [0.25, 0.3) is 0 Å². The highest BCUT2D eigenvalue weighted by atomic mass is 35.5. The van der Waals surface area contributed by atoms with E-state index in [-0.39, 0.29) is 24.4 Å². The smallest absolute Gasteiger partial charge is 0.225 e. The van der Waals surface area contributed by atoms with Crippen molar-refractivity contribution in [3.63, 3.8) is 0 Å². The Kier molecular flexibility index (Phi) is 7.34. The number of carbonyl (C=O) groups is 1. The van der Waals surface area contributed by atoms with E-state index in [0.717, 1.165) is 0 Å². The molecule has 0 aromatic heterocycles. The largest absolute Gasteiger partial charge is 0.489 e. The van der Waals surface area contributed by atoms with E-state index in [1.54, 1.807) is 0 Å². The minimum absolute atomic E-state index is 0. The fraction of sp³-hybridized carbons (Fsp3) is 0.417. The molecule has 4 nitrogen and oxygen atoms in total. The van der Waals surface area contributed by atoms with Gasteiger partial charge in [-0.1, -0.05) is 12.1 Å². The summed E-state index contributed by atoms with van der Waals surface area (Å²) >= 11 is 0. The molecule has 0 saturated heterocycles. The molecule has 0 fully saturated rings. The maximum absolute atomic E-state index is 11.4. The van der Waals surface area contributed by atoms with Gasteiger partial charge < -0.3 is 15.8 Å². The van der Waals surface area contributed by atoms with Crippen molar-refractivity contribution in [3.05, 3.63) is 24.3 Å². The van der Waals surface area contributed by atoms with Crippen molar-refractivity contribution in [1.29, 1.82) is 0 Å². The molecule has 1 aromatic carbocycles. The molecule has 1 amide bonds. The number of benzene rings is 1. The van der Waals surface area contributed by atoms with Crippen LogP contribution in [0.3, 0.4) is 0 Å². The average Bonchev–Trinajstić information content (AvgIpc) is 2.20. The minimum Gasteiger partial charge on any atom is -0.489 e. The van der Waals surface area contributed by atoms with Crippen LogP contribution >= 0.6 is 12.4 Å². The second-order valence-electron chi connectivity index (χ2n) is 3.75. The van der Waals surface area contributed by atoms with Crippen LogP contribution in [-0.4, -0.2) is 18.6 Å². The number of nitrogens with two attached hydrogens (primary N) is 1. The molecular weight excluding hydrogens is 240 g/mol. The molecule has 17 heavy (non-hydrogen) atoms. The van der Waals surface area contributed by atoms with Crippen molar-refractivity contribution in [3.8, 4) is 5.75 Å². The summed E-state index contributed by atoms with van der Waals surface area (Å²) in [5, 5.41) is 2.77. The summed E-state index contributed by atoms with van der Waals surface area (Å²) in [7, 11) is 0. The van der Waals surface area contributed by atoms with E-state index < -0.39 is 0 Å². The Hall–Kier alpha value is -1.26. The highest BCUT2D eigenvalue weighted by molar-refractivity contribution is 5.92. The predicted octanol–water partition coefficient (Wildman–Crippen LogP) is 2.18. The van der Waals surface area contributed by atoms with Crippen LogP contribution in [0.1, 0.15) is 20.3 Å². The topological polar surface area (TPSA) is 64.3 Å². The number of rotatable bonds is 5. The molecule has 0 aliphatic rings. The molecule has 0 atom stereocenters. The van der Waals surface area contributed by atoms with Gasteiger partial charge in [-0.25, -0.2) is 0 Å². The molecule has 5 heteroatoms. The van der Waals surface area contributed by atoms with E-state index in [2.05, 4.69) is 5.32 Å². The van der Waals surface area contributed by atoms with E-state index in [1.807, 2.05) is 38.1 Å². The van der Waals surface area contributed by atoms with Crippen LogP contribution in [0, 0.1) is 0 Å². The Bertz CT molecular complexity index is 356. The maximum atomic E-state index is 11.4. The van der Waals surface area contributed by atoms with Crippen molar-refractivity contribution < 1.29 is 9.53 Å². The number of ether oxygens (including phenoxy) is 1. The number of halogens is 1. The van der Waals surface area contributed by atoms with Crippen molar-refractivity contribution in [2.45, 2.75) is 26.4 Å². The molecule has 0 radical (unpaired) electrons. The lowest BCUT2D eigenvalue weighted by molar-refractivity contribution is -0.116. The van der Waals surface area contributed by atoms with Gasteiger partial charge >= 0.3 is 0 Å². The lowest BCUT2D eigenvalue weighted by Gasteiger charge is -2.14. The molecule has 0 aliphatic heterocycles. The highest BCUT2D eigenvalue weighted by Crippen LogP contribution is 2.24. The fourth-order valence-electron chi connectivity index (χ4n) is 1.27. The van der Waals surface area contributed by atoms with Gasteiger partial charge in [0.1, 0.15) is 5.75 Å². The summed E-state index contributed by atoms with van der Waals surface area (Å²) < 4.78 is 5.58. The van der Waals surface area contributed by atoms with Gasteiger partial charge in [-0.3, -0.25) is 4.79 Å². The molecule has 0 aliphatic carbocycles. The maximum Gasteiger partial charge on any atom is 0.225 e. The Balaban J connectivity index is 0.00000256. The monoisotopic (exact) mass is 258 g/mol. The van der Waals surface area contributed by atoms with Gasteiger partial charge in [-0.2, -0.15) is 0 Å². The second kappa shape index (κ2) is 7.92. The van der Waals surface area contributed by atoms with Crippen molar-refractivity contribution in [1.82, 2.24) is 0 Å². The van der Waals surface area contributed by atoms with E-state index in [9.17, 15) is 4.79 Å². The molecule has 1 aromatic rings. The Morgan fingerprint density at radius 1 is 1.41 bits per heavy atom. The average molecular weight is 259 g/mol. The highest BCUT2D eigenvalue weighted by Gasteiger charge is 2.07. The minimum atomic E-state index is -0.0951. The normalized spacial score (nSPS) is 9.65. The molecule has 0 unspecified atom stereocenters.